The average Bonchev–Trinajstić information content (AvgIpc) is 2.94. The topological polar surface area (TPSA) is 103 Å². The molecule has 3 heterocycles. The fourth-order valence-electron chi connectivity index (χ4n) is 2.80. The van der Waals surface area contributed by atoms with Gasteiger partial charge in [0.25, 0.3) is 0 Å². The van der Waals surface area contributed by atoms with Gasteiger partial charge in [0.15, 0.2) is 5.76 Å². The van der Waals surface area contributed by atoms with Gasteiger partial charge in [0.1, 0.15) is 22.4 Å². The Balaban J connectivity index is 1.74. The molecule has 2 aromatic heterocycles. The molecule has 1 saturated heterocycles. The van der Waals surface area contributed by atoms with Crippen LogP contribution in [-0.2, 0) is 10.0 Å². The van der Waals surface area contributed by atoms with Gasteiger partial charge < -0.3 is 9.42 Å². The zero-order chi connectivity index (χ0) is 17.3. The van der Waals surface area contributed by atoms with Gasteiger partial charge in [-0.2, -0.15) is 9.57 Å². The van der Waals surface area contributed by atoms with Crippen molar-refractivity contribution in [2.75, 3.05) is 31.1 Å². The minimum absolute atomic E-state index is 0.163. The largest absolute Gasteiger partial charge is 0.368 e. The van der Waals surface area contributed by atoms with Crippen LogP contribution in [0.5, 0.6) is 0 Å². The van der Waals surface area contributed by atoms with Gasteiger partial charge in [-0.15, -0.1) is 0 Å². The average molecular weight is 347 g/mol. The molecule has 2 aromatic rings. The number of pyridine rings is 1. The quantitative estimate of drug-likeness (QED) is 0.818. The first-order chi connectivity index (χ1) is 11.4. The summed E-state index contributed by atoms with van der Waals surface area (Å²) in [5.41, 5.74) is 1.62. The monoisotopic (exact) mass is 347 g/mol. The van der Waals surface area contributed by atoms with Crippen LogP contribution in [0.2, 0.25) is 0 Å². The smallest absolute Gasteiger partial charge is 0.248 e. The Kier molecular flexibility index (Phi) is 4.26. The molecule has 9 heteroatoms. The van der Waals surface area contributed by atoms with E-state index in [0.717, 1.165) is 5.69 Å². The highest BCUT2D eigenvalue weighted by atomic mass is 32.2. The molecule has 0 unspecified atom stereocenters. The van der Waals surface area contributed by atoms with Gasteiger partial charge in [-0.3, -0.25) is 0 Å². The highest BCUT2D eigenvalue weighted by molar-refractivity contribution is 7.89. The molecule has 0 N–H and O–H groups in total. The molecule has 0 radical (unpaired) electrons. The lowest BCUT2D eigenvalue weighted by Gasteiger charge is -2.35. The number of aromatic nitrogens is 2. The third-order valence-electron chi connectivity index (χ3n) is 4.03. The van der Waals surface area contributed by atoms with Crippen LogP contribution < -0.4 is 4.90 Å². The number of anilines is 1. The standard InChI is InChI=1S/C15H17N5O3S/c1-11-15(12(2)23-18-11)24(21,22)20-7-5-19(6-8-20)14-4-3-13(9-16)17-10-14/h3-4,10H,5-8H2,1-2H3. The van der Waals surface area contributed by atoms with Gasteiger partial charge in [-0.05, 0) is 26.0 Å². The summed E-state index contributed by atoms with van der Waals surface area (Å²) in [6.45, 7) is 5.07. The summed E-state index contributed by atoms with van der Waals surface area (Å²) in [7, 11) is -3.60. The lowest BCUT2D eigenvalue weighted by molar-refractivity contribution is 0.378. The van der Waals surface area contributed by atoms with Gasteiger partial charge in [0, 0.05) is 26.2 Å². The van der Waals surface area contributed by atoms with E-state index < -0.39 is 10.0 Å². The minimum atomic E-state index is -3.60. The Morgan fingerprint density at radius 3 is 2.42 bits per heavy atom. The first-order valence-electron chi connectivity index (χ1n) is 7.47. The predicted molar refractivity (Wildman–Crippen MR) is 85.9 cm³/mol. The number of piperazine rings is 1. The first-order valence-corrected chi connectivity index (χ1v) is 8.91. The molecule has 1 aliphatic heterocycles. The third-order valence-corrected chi connectivity index (χ3v) is 6.18. The van der Waals surface area contributed by atoms with E-state index in [0.29, 0.717) is 43.3 Å². The maximum atomic E-state index is 12.8. The first kappa shape index (κ1) is 16.4. The van der Waals surface area contributed by atoms with Crippen LogP contribution >= 0.6 is 0 Å². The molecule has 0 spiro atoms. The second-order valence-corrected chi connectivity index (χ2v) is 7.43. The normalized spacial score (nSPS) is 16.1. The molecular weight excluding hydrogens is 330 g/mol. The number of aryl methyl sites for hydroxylation is 2. The van der Waals surface area contributed by atoms with E-state index in [-0.39, 0.29) is 4.90 Å². The molecule has 0 atom stereocenters. The van der Waals surface area contributed by atoms with Gasteiger partial charge in [0.05, 0.1) is 11.9 Å². The molecule has 8 nitrogen and oxygen atoms in total. The molecule has 24 heavy (non-hydrogen) atoms. The van der Waals surface area contributed by atoms with E-state index in [2.05, 4.69) is 10.1 Å². The number of hydrogen-bond donors (Lipinski definition) is 0. The summed E-state index contributed by atoms with van der Waals surface area (Å²) < 4.78 is 32.0. The Labute approximate surface area is 140 Å². The highest BCUT2D eigenvalue weighted by Gasteiger charge is 2.33. The van der Waals surface area contributed by atoms with Crippen molar-refractivity contribution in [1.29, 1.82) is 5.26 Å². The summed E-state index contributed by atoms with van der Waals surface area (Å²) in [5, 5.41) is 12.5. The number of sulfonamides is 1. The molecule has 1 fully saturated rings. The second-order valence-electron chi connectivity index (χ2n) is 5.56. The molecular formula is C15H17N5O3S. The van der Waals surface area contributed by atoms with E-state index in [1.165, 1.54) is 4.31 Å². The molecule has 0 aliphatic carbocycles. The van der Waals surface area contributed by atoms with Crippen LogP contribution in [0.25, 0.3) is 0 Å². The van der Waals surface area contributed by atoms with Crippen LogP contribution in [0.3, 0.4) is 0 Å². The zero-order valence-corrected chi connectivity index (χ0v) is 14.2. The summed E-state index contributed by atoms with van der Waals surface area (Å²) in [6, 6.07) is 5.46. The fourth-order valence-corrected chi connectivity index (χ4v) is 4.51. The van der Waals surface area contributed by atoms with Crippen molar-refractivity contribution in [2.45, 2.75) is 18.7 Å². The summed E-state index contributed by atoms with van der Waals surface area (Å²) in [6.07, 6.45) is 1.64. The van der Waals surface area contributed by atoms with E-state index in [9.17, 15) is 8.42 Å². The SMILES string of the molecule is Cc1noc(C)c1S(=O)(=O)N1CCN(c2ccc(C#N)nc2)CC1. The predicted octanol–water partition coefficient (Wildman–Crippen LogP) is 1.07. The molecule has 3 rings (SSSR count). The molecule has 0 amide bonds. The lowest BCUT2D eigenvalue weighted by atomic mass is 10.3. The van der Waals surface area contributed by atoms with Crippen molar-refractivity contribution in [3.8, 4) is 6.07 Å². The Bertz CT molecular complexity index is 855. The summed E-state index contributed by atoms with van der Waals surface area (Å²) in [5.74, 6) is 0.311. The fraction of sp³-hybridized carbons (Fsp3) is 0.400. The summed E-state index contributed by atoms with van der Waals surface area (Å²) >= 11 is 0. The van der Waals surface area contributed by atoms with Crippen molar-refractivity contribution in [1.82, 2.24) is 14.4 Å². The number of rotatable bonds is 3. The Morgan fingerprint density at radius 2 is 1.92 bits per heavy atom. The van der Waals surface area contributed by atoms with Crippen LogP contribution in [0, 0.1) is 25.2 Å². The van der Waals surface area contributed by atoms with Crippen LogP contribution in [0.15, 0.2) is 27.7 Å². The Hall–Kier alpha value is -2.44. The van der Waals surface area contributed by atoms with Crippen LogP contribution in [-0.4, -0.2) is 49.0 Å². The third kappa shape index (κ3) is 2.86. The summed E-state index contributed by atoms with van der Waals surface area (Å²) in [4.78, 5) is 6.26. The molecule has 1 aliphatic rings. The van der Waals surface area contributed by atoms with E-state index in [4.69, 9.17) is 9.78 Å². The lowest BCUT2D eigenvalue weighted by Crippen LogP contribution is -2.48. The van der Waals surface area contributed by atoms with E-state index >= 15 is 0 Å². The number of nitrogens with zero attached hydrogens (tertiary/aromatic N) is 5. The maximum absolute atomic E-state index is 12.8. The molecule has 0 bridgehead atoms. The zero-order valence-electron chi connectivity index (χ0n) is 13.4. The van der Waals surface area contributed by atoms with Gasteiger partial charge >= 0.3 is 0 Å². The van der Waals surface area contributed by atoms with Crippen molar-refractivity contribution in [3.05, 3.63) is 35.5 Å². The minimum Gasteiger partial charge on any atom is -0.368 e. The second kappa shape index (κ2) is 6.22. The van der Waals surface area contributed by atoms with Crippen molar-refractivity contribution < 1.29 is 12.9 Å². The van der Waals surface area contributed by atoms with Crippen LogP contribution in [0.4, 0.5) is 5.69 Å². The van der Waals surface area contributed by atoms with E-state index in [1.54, 1.807) is 26.1 Å². The maximum Gasteiger partial charge on any atom is 0.248 e. The van der Waals surface area contributed by atoms with Gasteiger partial charge in [-0.25, -0.2) is 13.4 Å². The highest BCUT2D eigenvalue weighted by Crippen LogP contribution is 2.25. The number of nitriles is 1. The Morgan fingerprint density at radius 1 is 1.21 bits per heavy atom. The molecule has 0 aromatic carbocycles. The molecule has 126 valence electrons. The van der Waals surface area contributed by atoms with E-state index in [1.807, 2.05) is 17.0 Å². The van der Waals surface area contributed by atoms with Crippen LogP contribution in [0.1, 0.15) is 17.1 Å². The van der Waals surface area contributed by atoms with Gasteiger partial charge in [0.2, 0.25) is 10.0 Å². The van der Waals surface area contributed by atoms with Crippen molar-refractivity contribution >= 4 is 15.7 Å². The van der Waals surface area contributed by atoms with Crippen molar-refractivity contribution in [2.24, 2.45) is 0 Å². The van der Waals surface area contributed by atoms with Crippen molar-refractivity contribution in [3.63, 3.8) is 0 Å². The number of hydrogen-bond acceptors (Lipinski definition) is 7. The molecule has 0 saturated carbocycles. The van der Waals surface area contributed by atoms with Gasteiger partial charge in [-0.1, -0.05) is 5.16 Å².